The third-order valence-corrected chi connectivity index (χ3v) is 6.99. The molecule has 2 aromatic rings. The van der Waals surface area contributed by atoms with Gasteiger partial charge in [0.15, 0.2) is 11.5 Å². The van der Waals surface area contributed by atoms with Crippen molar-refractivity contribution in [3.63, 3.8) is 0 Å². The highest BCUT2D eigenvalue weighted by Gasteiger charge is 2.31. The molecule has 2 fully saturated rings. The van der Waals surface area contributed by atoms with Gasteiger partial charge in [0.2, 0.25) is 12.7 Å². The summed E-state index contributed by atoms with van der Waals surface area (Å²) in [5.74, 6) is 2.86. The lowest BCUT2D eigenvalue weighted by Crippen LogP contribution is -2.47. The molecule has 3 heterocycles. The first-order valence-electron chi connectivity index (χ1n) is 11.7. The maximum Gasteiger partial charge on any atom is 0.231 e. The zero-order valence-corrected chi connectivity index (χ0v) is 18.2. The minimum absolute atomic E-state index is 0.133. The van der Waals surface area contributed by atoms with Gasteiger partial charge in [-0.2, -0.15) is 0 Å². The molecule has 5 rings (SSSR count). The van der Waals surface area contributed by atoms with E-state index in [0.29, 0.717) is 18.6 Å². The van der Waals surface area contributed by atoms with Crippen molar-refractivity contribution in [1.29, 1.82) is 0 Å². The number of nitrogens with zero attached hydrogens (tertiary/aromatic N) is 2. The summed E-state index contributed by atoms with van der Waals surface area (Å²) < 4.78 is 10.9. The Labute approximate surface area is 184 Å². The van der Waals surface area contributed by atoms with E-state index < -0.39 is 0 Å². The average molecular weight is 421 g/mol. The molecular weight excluding hydrogens is 388 g/mol. The van der Waals surface area contributed by atoms with E-state index in [-0.39, 0.29) is 5.92 Å². The van der Waals surface area contributed by atoms with E-state index in [1.165, 1.54) is 11.1 Å². The normalized spacial score (nSPS) is 21.9. The lowest BCUT2D eigenvalue weighted by Gasteiger charge is -2.38. The molecule has 0 saturated carbocycles. The van der Waals surface area contributed by atoms with E-state index in [0.717, 1.165) is 76.3 Å². The van der Waals surface area contributed by atoms with Crippen molar-refractivity contribution in [3.8, 4) is 11.5 Å². The smallest absolute Gasteiger partial charge is 0.231 e. The fraction of sp³-hybridized carbons (Fsp3) is 0.500. The summed E-state index contributed by atoms with van der Waals surface area (Å²) in [7, 11) is 0. The van der Waals surface area contributed by atoms with E-state index in [1.807, 2.05) is 6.07 Å². The Morgan fingerprint density at radius 3 is 2.55 bits per heavy atom. The summed E-state index contributed by atoms with van der Waals surface area (Å²) in [5, 5.41) is 0. The third-order valence-electron chi connectivity index (χ3n) is 6.99. The molecule has 31 heavy (non-hydrogen) atoms. The van der Waals surface area contributed by atoms with E-state index in [9.17, 15) is 4.79 Å². The van der Waals surface area contributed by atoms with Gasteiger partial charge in [0.25, 0.3) is 0 Å². The number of amides is 1. The van der Waals surface area contributed by atoms with Gasteiger partial charge in [-0.15, -0.1) is 0 Å². The summed E-state index contributed by atoms with van der Waals surface area (Å²) in [4.78, 5) is 17.8. The summed E-state index contributed by atoms with van der Waals surface area (Å²) in [6.07, 6.45) is 5.48. The molecule has 0 aliphatic carbocycles. The first-order valence-corrected chi connectivity index (χ1v) is 11.7. The van der Waals surface area contributed by atoms with E-state index in [2.05, 4.69) is 52.3 Å². The summed E-state index contributed by atoms with van der Waals surface area (Å²) in [6, 6.07) is 16.9. The Morgan fingerprint density at radius 1 is 0.903 bits per heavy atom. The summed E-state index contributed by atoms with van der Waals surface area (Å²) >= 11 is 0. The van der Waals surface area contributed by atoms with E-state index >= 15 is 0 Å². The third kappa shape index (κ3) is 4.87. The molecule has 0 aromatic heterocycles. The van der Waals surface area contributed by atoms with Crippen LogP contribution in [0, 0.1) is 11.8 Å². The number of benzene rings is 2. The summed E-state index contributed by atoms with van der Waals surface area (Å²) in [6.45, 7) is 4.90. The van der Waals surface area contributed by atoms with Gasteiger partial charge in [0, 0.05) is 26.2 Å². The van der Waals surface area contributed by atoms with Crippen LogP contribution in [-0.4, -0.2) is 48.7 Å². The van der Waals surface area contributed by atoms with Gasteiger partial charge in [-0.05, 0) is 67.8 Å². The molecule has 0 spiro atoms. The van der Waals surface area contributed by atoms with Gasteiger partial charge < -0.3 is 14.4 Å². The maximum atomic E-state index is 13.2. The predicted octanol–water partition coefficient (Wildman–Crippen LogP) is 4.11. The predicted molar refractivity (Wildman–Crippen MR) is 120 cm³/mol. The Kier molecular flexibility index (Phi) is 6.12. The van der Waals surface area contributed by atoms with Crippen LogP contribution in [0.5, 0.6) is 11.5 Å². The number of ether oxygens (including phenoxy) is 2. The van der Waals surface area contributed by atoms with Gasteiger partial charge in [-0.25, -0.2) is 0 Å². The number of hydrogen-bond acceptors (Lipinski definition) is 4. The van der Waals surface area contributed by atoms with Crippen molar-refractivity contribution in [2.75, 3.05) is 33.0 Å². The Morgan fingerprint density at radius 2 is 1.71 bits per heavy atom. The average Bonchev–Trinajstić information content (AvgIpc) is 3.28. The Hall–Kier alpha value is -2.53. The molecule has 0 N–H and O–H groups in total. The standard InChI is InChI=1S/C26H32N2O3/c29-26(28-13-10-21(11-14-28)15-20-5-2-1-3-6-20)23-7-4-12-27(18-23)17-22-8-9-24-25(16-22)31-19-30-24/h1-3,5-6,8-9,16,21,23H,4,7,10-15,17-19H2/t23-/m0/s1. The van der Waals surface area contributed by atoms with Crippen molar-refractivity contribution in [1.82, 2.24) is 9.80 Å². The van der Waals surface area contributed by atoms with Crippen LogP contribution in [0.2, 0.25) is 0 Å². The topological polar surface area (TPSA) is 42.0 Å². The van der Waals surface area contributed by atoms with E-state index in [4.69, 9.17) is 9.47 Å². The first-order chi connectivity index (χ1) is 15.2. The minimum atomic E-state index is 0.133. The molecule has 2 aromatic carbocycles. The lowest BCUT2D eigenvalue weighted by molar-refractivity contribution is -0.138. The van der Waals surface area contributed by atoms with Crippen LogP contribution >= 0.6 is 0 Å². The monoisotopic (exact) mass is 420 g/mol. The molecule has 3 aliphatic heterocycles. The van der Waals surface area contributed by atoms with Crippen molar-refractivity contribution in [2.24, 2.45) is 11.8 Å². The molecule has 3 aliphatic rings. The molecular formula is C26H32N2O3. The molecule has 1 amide bonds. The molecule has 0 radical (unpaired) electrons. The second-order valence-corrected chi connectivity index (χ2v) is 9.22. The number of rotatable bonds is 5. The lowest BCUT2D eigenvalue weighted by atomic mass is 9.89. The quantitative estimate of drug-likeness (QED) is 0.730. The van der Waals surface area contributed by atoms with Crippen LogP contribution in [0.1, 0.15) is 36.8 Å². The van der Waals surface area contributed by atoms with Gasteiger partial charge in [-0.1, -0.05) is 36.4 Å². The SMILES string of the molecule is O=C([C@H]1CCCN(Cc2ccc3c(c2)OCO3)C1)N1CCC(Cc2ccccc2)CC1. The second-order valence-electron chi connectivity index (χ2n) is 9.22. The summed E-state index contributed by atoms with van der Waals surface area (Å²) in [5.41, 5.74) is 2.64. The van der Waals surface area contributed by atoms with Gasteiger partial charge in [0.05, 0.1) is 5.92 Å². The van der Waals surface area contributed by atoms with Gasteiger partial charge in [-0.3, -0.25) is 9.69 Å². The minimum Gasteiger partial charge on any atom is -0.454 e. The fourth-order valence-electron chi connectivity index (χ4n) is 5.26. The van der Waals surface area contributed by atoms with Crippen LogP contribution in [0.15, 0.2) is 48.5 Å². The number of piperidine rings is 2. The molecule has 2 saturated heterocycles. The second kappa shape index (κ2) is 9.31. The molecule has 5 nitrogen and oxygen atoms in total. The largest absolute Gasteiger partial charge is 0.454 e. The number of likely N-dealkylation sites (tertiary alicyclic amines) is 2. The zero-order valence-electron chi connectivity index (χ0n) is 18.2. The van der Waals surface area contributed by atoms with Gasteiger partial charge >= 0.3 is 0 Å². The van der Waals surface area contributed by atoms with Crippen LogP contribution in [0.3, 0.4) is 0 Å². The van der Waals surface area contributed by atoms with Crippen molar-refractivity contribution in [3.05, 3.63) is 59.7 Å². The Balaban J connectivity index is 1.12. The van der Waals surface area contributed by atoms with Crippen LogP contribution < -0.4 is 9.47 Å². The van der Waals surface area contributed by atoms with Crippen molar-refractivity contribution < 1.29 is 14.3 Å². The van der Waals surface area contributed by atoms with Gasteiger partial charge in [0.1, 0.15) is 0 Å². The molecule has 1 atom stereocenters. The highest BCUT2D eigenvalue weighted by Crippen LogP contribution is 2.33. The van der Waals surface area contributed by atoms with Crippen LogP contribution in [0.25, 0.3) is 0 Å². The van der Waals surface area contributed by atoms with Crippen molar-refractivity contribution in [2.45, 2.75) is 38.6 Å². The molecule has 0 unspecified atom stereocenters. The highest BCUT2D eigenvalue weighted by atomic mass is 16.7. The first kappa shape index (κ1) is 20.4. The number of carbonyl (C=O) groups excluding carboxylic acids is 1. The van der Waals surface area contributed by atoms with Crippen molar-refractivity contribution >= 4 is 5.91 Å². The Bertz CT molecular complexity index is 893. The number of fused-ring (bicyclic) bond motifs is 1. The highest BCUT2D eigenvalue weighted by molar-refractivity contribution is 5.79. The fourth-order valence-corrected chi connectivity index (χ4v) is 5.26. The number of hydrogen-bond donors (Lipinski definition) is 0. The maximum absolute atomic E-state index is 13.2. The molecule has 164 valence electrons. The van der Waals surface area contributed by atoms with Crippen LogP contribution in [-0.2, 0) is 17.8 Å². The molecule has 0 bridgehead atoms. The number of carbonyl (C=O) groups is 1. The molecule has 5 heteroatoms. The van der Waals surface area contributed by atoms with E-state index in [1.54, 1.807) is 0 Å². The van der Waals surface area contributed by atoms with Crippen LogP contribution in [0.4, 0.5) is 0 Å². The zero-order chi connectivity index (χ0) is 21.0.